The van der Waals surface area contributed by atoms with Gasteiger partial charge in [0.25, 0.3) is 0 Å². The molecule has 1 aromatic carbocycles. The highest BCUT2D eigenvalue weighted by atomic mass is 19.4. The second-order valence-corrected chi connectivity index (χ2v) is 5.05. The Hall–Kier alpha value is -2.05. The number of hydrogen-bond acceptors (Lipinski definition) is 2. The largest absolute Gasteiger partial charge is 0.480 e. The molecule has 1 amide bonds. The minimum absolute atomic E-state index is 0.257. The summed E-state index contributed by atoms with van der Waals surface area (Å²) in [6.07, 6.45) is -4.13. The summed E-state index contributed by atoms with van der Waals surface area (Å²) < 4.78 is 37.4. The molecule has 1 N–H and O–H groups in total. The molecular formula is C15H18F3NO3. The van der Waals surface area contributed by atoms with Gasteiger partial charge in [-0.2, -0.15) is 13.2 Å². The van der Waals surface area contributed by atoms with Gasteiger partial charge in [-0.05, 0) is 31.0 Å². The van der Waals surface area contributed by atoms with Crippen LogP contribution in [0.15, 0.2) is 24.3 Å². The van der Waals surface area contributed by atoms with E-state index in [1.54, 1.807) is 13.8 Å². The number of carboxylic acids is 1. The molecule has 7 heteroatoms. The number of benzene rings is 1. The molecule has 0 radical (unpaired) electrons. The molecule has 0 bridgehead atoms. The highest BCUT2D eigenvalue weighted by molar-refractivity contribution is 5.83. The average molecular weight is 317 g/mol. The molecule has 0 aliphatic heterocycles. The highest BCUT2D eigenvalue weighted by Gasteiger charge is 2.30. The summed E-state index contributed by atoms with van der Waals surface area (Å²) in [7, 11) is 0. The summed E-state index contributed by atoms with van der Waals surface area (Å²) >= 11 is 0. The molecule has 1 rings (SSSR count). The number of aliphatic carboxylic acids is 1. The van der Waals surface area contributed by atoms with Crippen molar-refractivity contribution in [1.82, 2.24) is 4.90 Å². The predicted molar refractivity (Wildman–Crippen MR) is 74.2 cm³/mol. The van der Waals surface area contributed by atoms with E-state index in [1.807, 2.05) is 0 Å². The number of rotatable bonds is 6. The Balaban J connectivity index is 2.73. The second kappa shape index (κ2) is 7.29. The molecule has 122 valence electrons. The Labute approximate surface area is 126 Å². The van der Waals surface area contributed by atoms with Crippen molar-refractivity contribution in [3.8, 4) is 0 Å². The molecule has 1 atom stereocenters. The van der Waals surface area contributed by atoms with Crippen LogP contribution in [0.2, 0.25) is 0 Å². The number of nitrogens with zero attached hydrogens (tertiary/aromatic N) is 1. The number of halogens is 3. The van der Waals surface area contributed by atoms with E-state index >= 15 is 0 Å². The van der Waals surface area contributed by atoms with Crippen LogP contribution in [-0.4, -0.2) is 35.0 Å². The van der Waals surface area contributed by atoms with Crippen molar-refractivity contribution in [3.63, 3.8) is 0 Å². The van der Waals surface area contributed by atoms with Crippen LogP contribution >= 0.6 is 0 Å². The van der Waals surface area contributed by atoms with Crippen molar-refractivity contribution >= 4 is 11.9 Å². The summed E-state index contributed by atoms with van der Waals surface area (Å²) in [6.45, 7) is 3.19. The smallest absolute Gasteiger partial charge is 0.416 e. The van der Waals surface area contributed by atoms with Crippen molar-refractivity contribution in [1.29, 1.82) is 0 Å². The van der Waals surface area contributed by atoms with Gasteiger partial charge < -0.3 is 10.0 Å². The number of alkyl halides is 3. The maximum Gasteiger partial charge on any atom is 0.416 e. The van der Waals surface area contributed by atoms with Crippen molar-refractivity contribution in [2.45, 2.75) is 26.4 Å². The normalized spacial score (nSPS) is 12.8. The Bertz CT molecular complexity index is 526. The van der Waals surface area contributed by atoms with Gasteiger partial charge in [-0.15, -0.1) is 0 Å². The van der Waals surface area contributed by atoms with Gasteiger partial charge in [-0.1, -0.05) is 19.1 Å². The van der Waals surface area contributed by atoms with Crippen molar-refractivity contribution in [2.24, 2.45) is 5.92 Å². The van der Waals surface area contributed by atoms with Crippen molar-refractivity contribution < 1.29 is 27.9 Å². The maximum absolute atomic E-state index is 12.5. The topological polar surface area (TPSA) is 57.6 Å². The number of amides is 1. The van der Waals surface area contributed by atoms with Crippen LogP contribution in [0.5, 0.6) is 0 Å². The monoisotopic (exact) mass is 317 g/mol. The fourth-order valence-electron chi connectivity index (χ4n) is 2.09. The van der Waals surface area contributed by atoms with Gasteiger partial charge in [0.2, 0.25) is 5.91 Å². The van der Waals surface area contributed by atoms with E-state index in [0.29, 0.717) is 5.56 Å². The summed E-state index contributed by atoms with van der Waals surface area (Å²) in [5, 5.41) is 8.74. The Morgan fingerprint density at radius 1 is 1.23 bits per heavy atom. The quantitative estimate of drug-likeness (QED) is 0.878. The lowest BCUT2D eigenvalue weighted by molar-refractivity contribution is -0.145. The zero-order valence-corrected chi connectivity index (χ0v) is 12.4. The van der Waals surface area contributed by atoms with Gasteiger partial charge in [-0.25, -0.2) is 0 Å². The molecule has 0 saturated heterocycles. The van der Waals surface area contributed by atoms with Gasteiger partial charge >= 0.3 is 12.1 Å². The number of likely N-dealkylation sites (N-methyl/N-ethyl adjacent to an activating group) is 1. The molecule has 22 heavy (non-hydrogen) atoms. The van der Waals surface area contributed by atoms with Gasteiger partial charge in [0.15, 0.2) is 0 Å². The molecule has 1 unspecified atom stereocenters. The molecular weight excluding hydrogens is 299 g/mol. The summed E-state index contributed by atoms with van der Waals surface area (Å²) in [5.74, 6) is -1.93. The minimum atomic E-state index is -4.39. The first-order valence-electron chi connectivity index (χ1n) is 6.81. The molecule has 1 aromatic rings. The van der Waals surface area contributed by atoms with E-state index in [4.69, 9.17) is 5.11 Å². The summed E-state index contributed by atoms with van der Waals surface area (Å²) in [4.78, 5) is 24.0. The third-order valence-electron chi connectivity index (χ3n) is 3.26. The van der Waals surface area contributed by atoms with Crippen LogP contribution < -0.4 is 0 Å². The van der Waals surface area contributed by atoms with Gasteiger partial charge in [0.1, 0.15) is 6.54 Å². The minimum Gasteiger partial charge on any atom is -0.480 e. The number of hydrogen-bond donors (Lipinski definition) is 1. The zero-order valence-electron chi connectivity index (χ0n) is 12.4. The third-order valence-corrected chi connectivity index (χ3v) is 3.26. The predicted octanol–water partition coefficient (Wildman–Crippen LogP) is 2.82. The van der Waals surface area contributed by atoms with E-state index in [2.05, 4.69) is 0 Å². The average Bonchev–Trinajstić information content (AvgIpc) is 2.43. The van der Waals surface area contributed by atoms with E-state index in [9.17, 15) is 22.8 Å². The SMILES string of the molecule is CCN(CC(=O)O)C(=O)C(C)Cc1ccc(C(F)(F)F)cc1. The van der Waals surface area contributed by atoms with Crippen LogP contribution in [0.25, 0.3) is 0 Å². The number of carbonyl (C=O) groups is 2. The van der Waals surface area contributed by atoms with Crippen LogP contribution in [0, 0.1) is 5.92 Å². The highest BCUT2D eigenvalue weighted by Crippen LogP contribution is 2.29. The molecule has 0 heterocycles. The lowest BCUT2D eigenvalue weighted by Crippen LogP contribution is -2.39. The lowest BCUT2D eigenvalue weighted by atomic mass is 9.98. The number of carbonyl (C=O) groups excluding carboxylic acids is 1. The van der Waals surface area contributed by atoms with Gasteiger partial charge in [-0.3, -0.25) is 9.59 Å². The fourth-order valence-corrected chi connectivity index (χ4v) is 2.09. The molecule has 0 fully saturated rings. The Kier molecular flexibility index (Phi) is 5.96. The maximum atomic E-state index is 12.5. The van der Waals surface area contributed by atoms with E-state index in [-0.39, 0.29) is 25.4 Å². The van der Waals surface area contributed by atoms with Crippen molar-refractivity contribution in [3.05, 3.63) is 35.4 Å². The molecule has 4 nitrogen and oxygen atoms in total. The molecule has 0 spiro atoms. The molecule has 0 aliphatic carbocycles. The van der Waals surface area contributed by atoms with E-state index < -0.39 is 23.6 Å². The molecule has 0 aromatic heterocycles. The second-order valence-electron chi connectivity index (χ2n) is 5.05. The summed E-state index contributed by atoms with van der Waals surface area (Å²) in [5.41, 5.74) is -0.142. The summed E-state index contributed by atoms with van der Waals surface area (Å²) in [6, 6.07) is 4.61. The van der Waals surface area contributed by atoms with Crippen molar-refractivity contribution in [2.75, 3.05) is 13.1 Å². The van der Waals surface area contributed by atoms with Gasteiger partial charge in [0, 0.05) is 12.5 Å². The van der Waals surface area contributed by atoms with Crippen LogP contribution in [0.1, 0.15) is 25.0 Å². The Morgan fingerprint density at radius 3 is 2.18 bits per heavy atom. The molecule has 0 aliphatic rings. The third kappa shape index (κ3) is 5.05. The molecule has 0 saturated carbocycles. The zero-order chi connectivity index (χ0) is 16.9. The van der Waals surface area contributed by atoms with Gasteiger partial charge in [0.05, 0.1) is 5.56 Å². The Morgan fingerprint density at radius 2 is 1.77 bits per heavy atom. The first kappa shape index (κ1) is 18.0. The fraction of sp³-hybridized carbons (Fsp3) is 0.467. The van der Waals surface area contributed by atoms with Crippen LogP contribution in [-0.2, 0) is 22.2 Å². The lowest BCUT2D eigenvalue weighted by Gasteiger charge is -2.22. The standard InChI is InChI=1S/C15H18F3NO3/c1-3-19(9-13(20)21)14(22)10(2)8-11-4-6-12(7-5-11)15(16,17)18/h4-7,10H,3,8-9H2,1-2H3,(H,20,21). The first-order chi connectivity index (χ1) is 10.1. The van der Waals surface area contributed by atoms with Crippen LogP contribution in [0.3, 0.4) is 0 Å². The number of carboxylic acid groups (broad SMARTS) is 1. The van der Waals surface area contributed by atoms with E-state index in [0.717, 1.165) is 12.1 Å². The van der Waals surface area contributed by atoms with Crippen LogP contribution in [0.4, 0.5) is 13.2 Å². The van der Waals surface area contributed by atoms with E-state index in [1.165, 1.54) is 17.0 Å². The first-order valence-corrected chi connectivity index (χ1v) is 6.81.